The highest BCUT2D eigenvalue weighted by Gasteiger charge is 2.12. The number of halogens is 1. The van der Waals surface area contributed by atoms with E-state index in [-0.39, 0.29) is 24.2 Å². The standard InChI is InChI=1S/C13H18FNO2/c1-8(2)13(17)15-7-12(16)10-4-5-11(14)9(3)6-10/h4-6,8,12,16H,7H2,1-3H3,(H,15,17). The van der Waals surface area contributed by atoms with Crippen LogP contribution >= 0.6 is 0 Å². The second kappa shape index (κ2) is 5.77. The highest BCUT2D eigenvalue weighted by molar-refractivity contribution is 5.77. The Morgan fingerprint density at radius 3 is 2.65 bits per heavy atom. The summed E-state index contributed by atoms with van der Waals surface area (Å²) in [7, 11) is 0. The lowest BCUT2D eigenvalue weighted by molar-refractivity contribution is -0.124. The Hall–Kier alpha value is -1.42. The quantitative estimate of drug-likeness (QED) is 0.843. The van der Waals surface area contributed by atoms with Gasteiger partial charge in [0.2, 0.25) is 5.91 Å². The molecule has 1 unspecified atom stereocenters. The number of carbonyl (C=O) groups is 1. The second-order valence-corrected chi connectivity index (χ2v) is 4.42. The fourth-order valence-corrected chi connectivity index (χ4v) is 1.39. The molecule has 17 heavy (non-hydrogen) atoms. The maximum Gasteiger partial charge on any atom is 0.222 e. The normalized spacial score (nSPS) is 12.6. The van der Waals surface area contributed by atoms with Gasteiger partial charge in [-0.05, 0) is 24.1 Å². The van der Waals surface area contributed by atoms with Crippen molar-refractivity contribution in [3.05, 3.63) is 35.1 Å². The minimum Gasteiger partial charge on any atom is -0.387 e. The first-order valence-electron chi connectivity index (χ1n) is 5.63. The van der Waals surface area contributed by atoms with Crippen LogP contribution < -0.4 is 5.32 Å². The number of hydrogen-bond donors (Lipinski definition) is 2. The third-order valence-corrected chi connectivity index (χ3v) is 2.56. The van der Waals surface area contributed by atoms with Gasteiger partial charge in [0.05, 0.1) is 6.10 Å². The molecule has 0 fully saturated rings. The van der Waals surface area contributed by atoms with Crippen LogP contribution in [-0.2, 0) is 4.79 Å². The van der Waals surface area contributed by atoms with Crippen LogP contribution in [0.3, 0.4) is 0 Å². The third kappa shape index (κ3) is 3.82. The van der Waals surface area contributed by atoms with Crippen LogP contribution in [0.4, 0.5) is 4.39 Å². The Labute approximate surface area is 101 Å². The zero-order valence-corrected chi connectivity index (χ0v) is 10.3. The van der Waals surface area contributed by atoms with E-state index < -0.39 is 6.10 Å². The molecule has 0 saturated carbocycles. The summed E-state index contributed by atoms with van der Waals surface area (Å²) in [5.74, 6) is -0.521. The minimum absolute atomic E-state index is 0.108. The van der Waals surface area contributed by atoms with E-state index in [0.717, 1.165) is 0 Å². The molecule has 0 aromatic heterocycles. The molecule has 0 heterocycles. The zero-order chi connectivity index (χ0) is 13.0. The van der Waals surface area contributed by atoms with Crippen molar-refractivity contribution >= 4 is 5.91 Å². The summed E-state index contributed by atoms with van der Waals surface area (Å²) in [6, 6.07) is 4.42. The molecule has 2 N–H and O–H groups in total. The van der Waals surface area contributed by atoms with Crippen LogP contribution in [-0.4, -0.2) is 17.6 Å². The number of aliphatic hydroxyl groups is 1. The van der Waals surface area contributed by atoms with E-state index in [1.807, 2.05) is 0 Å². The fraction of sp³-hybridized carbons (Fsp3) is 0.462. The van der Waals surface area contributed by atoms with Crippen LogP contribution in [0.25, 0.3) is 0 Å². The van der Waals surface area contributed by atoms with Gasteiger partial charge >= 0.3 is 0 Å². The van der Waals surface area contributed by atoms with E-state index in [1.165, 1.54) is 12.1 Å². The number of aliphatic hydroxyl groups excluding tert-OH is 1. The van der Waals surface area contributed by atoms with Gasteiger partial charge in [0, 0.05) is 12.5 Å². The minimum atomic E-state index is -0.808. The summed E-state index contributed by atoms with van der Waals surface area (Å²) in [6.45, 7) is 5.34. The van der Waals surface area contributed by atoms with Gasteiger partial charge in [-0.25, -0.2) is 4.39 Å². The van der Waals surface area contributed by atoms with Crippen molar-refractivity contribution in [2.75, 3.05) is 6.54 Å². The molecule has 4 heteroatoms. The first-order valence-corrected chi connectivity index (χ1v) is 5.63. The smallest absolute Gasteiger partial charge is 0.222 e. The topological polar surface area (TPSA) is 49.3 Å². The lowest BCUT2D eigenvalue weighted by Gasteiger charge is -2.14. The van der Waals surface area contributed by atoms with Gasteiger partial charge in [-0.1, -0.05) is 26.0 Å². The molecule has 1 amide bonds. The Morgan fingerprint density at radius 1 is 1.47 bits per heavy atom. The summed E-state index contributed by atoms with van der Waals surface area (Å²) in [6.07, 6.45) is -0.808. The van der Waals surface area contributed by atoms with Crippen LogP contribution in [0.5, 0.6) is 0 Å². The van der Waals surface area contributed by atoms with E-state index >= 15 is 0 Å². The molecule has 0 saturated heterocycles. The van der Waals surface area contributed by atoms with Crippen molar-refractivity contribution in [3.63, 3.8) is 0 Å². The lowest BCUT2D eigenvalue weighted by atomic mass is 10.1. The predicted octanol–water partition coefficient (Wildman–Crippen LogP) is 1.94. The molecule has 1 rings (SSSR count). The largest absolute Gasteiger partial charge is 0.387 e. The number of nitrogens with one attached hydrogen (secondary N) is 1. The van der Waals surface area contributed by atoms with Gasteiger partial charge < -0.3 is 10.4 Å². The van der Waals surface area contributed by atoms with Gasteiger partial charge in [-0.3, -0.25) is 4.79 Å². The number of carbonyl (C=O) groups excluding carboxylic acids is 1. The fourth-order valence-electron chi connectivity index (χ4n) is 1.39. The summed E-state index contributed by atoms with van der Waals surface area (Å²) in [5, 5.41) is 12.5. The number of aryl methyl sites for hydroxylation is 1. The second-order valence-electron chi connectivity index (χ2n) is 4.42. The number of benzene rings is 1. The number of hydrogen-bond acceptors (Lipinski definition) is 2. The van der Waals surface area contributed by atoms with E-state index in [0.29, 0.717) is 11.1 Å². The highest BCUT2D eigenvalue weighted by atomic mass is 19.1. The molecule has 0 radical (unpaired) electrons. The SMILES string of the molecule is Cc1cc(C(O)CNC(=O)C(C)C)ccc1F. The molecule has 0 aliphatic rings. The summed E-state index contributed by atoms with van der Waals surface area (Å²) in [5.41, 5.74) is 1.09. The molecule has 1 atom stereocenters. The van der Waals surface area contributed by atoms with Crippen molar-refractivity contribution in [3.8, 4) is 0 Å². The molecule has 0 aliphatic carbocycles. The monoisotopic (exact) mass is 239 g/mol. The Bertz CT molecular complexity index is 404. The van der Waals surface area contributed by atoms with Gasteiger partial charge in [0.15, 0.2) is 0 Å². The van der Waals surface area contributed by atoms with Crippen molar-refractivity contribution in [2.24, 2.45) is 5.92 Å². The van der Waals surface area contributed by atoms with Crippen molar-refractivity contribution in [2.45, 2.75) is 26.9 Å². The molecule has 0 aliphatic heterocycles. The number of amides is 1. The predicted molar refractivity (Wildman–Crippen MR) is 63.9 cm³/mol. The van der Waals surface area contributed by atoms with Gasteiger partial charge in [-0.15, -0.1) is 0 Å². The average molecular weight is 239 g/mol. The maximum absolute atomic E-state index is 13.0. The van der Waals surface area contributed by atoms with Gasteiger partial charge in [0.1, 0.15) is 5.82 Å². The van der Waals surface area contributed by atoms with Crippen molar-refractivity contribution < 1.29 is 14.3 Å². The van der Waals surface area contributed by atoms with E-state index in [2.05, 4.69) is 5.32 Å². The molecule has 1 aromatic carbocycles. The molecule has 94 valence electrons. The van der Waals surface area contributed by atoms with E-state index in [4.69, 9.17) is 0 Å². The highest BCUT2D eigenvalue weighted by Crippen LogP contribution is 2.16. The summed E-state index contributed by atoms with van der Waals surface area (Å²) < 4.78 is 13.0. The average Bonchev–Trinajstić information content (AvgIpc) is 2.28. The zero-order valence-electron chi connectivity index (χ0n) is 10.3. The van der Waals surface area contributed by atoms with Gasteiger partial charge in [0.25, 0.3) is 0 Å². The Balaban J connectivity index is 2.61. The molecular weight excluding hydrogens is 221 g/mol. The molecule has 0 spiro atoms. The molecule has 3 nitrogen and oxygen atoms in total. The summed E-state index contributed by atoms with van der Waals surface area (Å²) >= 11 is 0. The summed E-state index contributed by atoms with van der Waals surface area (Å²) in [4.78, 5) is 11.3. The third-order valence-electron chi connectivity index (χ3n) is 2.56. The van der Waals surface area contributed by atoms with Crippen molar-refractivity contribution in [1.82, 2.24) is 5.32 Å². The van der Waals surface area contributed by atoms with Crippen molar-refractivity contribution in [1.29, 1.82) is 0 Å². The molecule has 1 aromatic rings. The molecule has 0 bridgehead atoms. The lowest BCUT2D eigenvalue weighted by Crippen LogP contribution is -2.31. The van der Waals surface area contributed by atoms with E-state index in [9.17, 15) is 14.3 Å². The first kappa shape index (κ1) is 13.6. The number of rotatable bonds is 4. The van der Waals surface area contributed by atoms with Crippen LogP contribution in [0.1, 0.15) is 31.1 Å². The maximum atomic E-state index is 13.0. The molecular formula is C13H18FNO2. The Kier molecular flexibility index (Phi) is 4.63. The first-order chi connectivity index (χ1) is 7.91. The van der Waals surface area contributed by atoms with E-state index in [1.54, 1.807) is 26.8 Å². The Morgan fingerprint density at radius 2 is 2.12 bits per heavy atom. The van der Waals surface area contributed by atoms with Crippen LogP contribution in [0.2, 0.25) is 0 Å². The van der Waals surface area contributed by atoms with Crippen LogP contribution in [0, 0.1) is 18.7 Å². The van der Waals surface area contributed by atoms with Gasteiger partial charge in [-0.2, -0.15) is 0 Å². The van der Waals surface area contributed by atoms with Crippen LogP contribution in [0.15, 0.2) is 18.2 Å².